The first-order valence-electron chi connectivity index (χ1n) is 14.1. The number of alkyl halides is 3. The van der Waals surface area contributed by atoms with Crippen molar-refractivity contribution < 1.29 is 27.9 Å². The van der Waals surface area contributed by atoms with E-state index < -0.39 is 34.4 Å². The summed E-state index contributed by atoms with van der Waals surface area (Å²) in [6.07, 6.45) is 1.26. The van der Waals surface area contributed by atoms with Gasteiger partial charge in [-0.05, 0) is 77.5 Å². The van der Waals surface area contributed by atoms with Gasteiger partial charge in [-0.3, -0.25) is 19.4 Å². The molecule has 1 N–H and O–H groups in total. The number of nitrogens with zero attached hydrogens (tertiary/aromatic N) is 5. The molecule has 0 saturated carbocycles. The number of unbranched alkanes of at least 4 members (excludes halogenated alkanes) is 5. The highest BCUT2D eigenvalue weighted by Gasteiger charge is 2.49. The van der Waals surface area contributed by atoms with Crippen LogP contribution in [0.2, 0.25) is 0 Å². The minimum Gasteiger partial charge on any atom is -0.381 e. The fraction of sp³-hybridized carbons (Fsp3) is 0.655. The minimum atomic E-state index is -4.73. The Morgan fingerprint density at radius 2 is 1.59 bits per heavy atom. The van der Waals surface area contributed by atoms with E-state index in [1.807, 2.05) is 0 Å². The molecule has 1 aromatic rings. The maximum Gasteiger partial charge on any atom is 0.417 e. The highest BCUT2D eigenvalue weighted by atomic mass is 32.1. The van der Waals surface area contributed by atoms with E-state index in [0.717, 1.165) is 75.2 Å². The lowest BCUT2D eigenvalue weighted by atomic mass is 10.0. The predicted octanol–water partition coefficient (Wildman–Crippen LogP) is 4.54. The molecule has 12 heteroatoms. The smallest absolute Gasteiger partial charge is 0.381 e. The Bertz CT molecular complexity index is 1170. The zero-order chi connectivity index (χ0) is 30.6. The first-order chi connectivity index (χ1) is 19.1. The third-order valence-electron chi connectivity index (χ3n) is 7.80. The Balaban J connectivity index is 1.41. The van der Waals surface area contributed by atoms with Crippen molar-refractivity contribution in [2.45, 2.75) is 83.5 Å². The molecule has 2 heterocycles. The number of benzene rings is 1. The molecule has 41 heavy (non-hydrogen) atoms. The number of anilines is 1. The monoisotopic (exact) mass is 595 g/mol. The van der Waals surface area contributed by atoms with Crippen molar-refractivity contribution in [2.75, 3.05) is 44.2 Å². The van der Waals surface area contributed by atoms with Crippen molar-refractivity contribution in [1.29, 1.82) is 5.26 Å². The fourth-order valence-corrected chi connectivity index (χ4v) is 5.82. The van der Waals surface area contributed by atoms with Gasteiger partial charge in [-0.25, -0.2) is 0 Å². The lowest BCUT2D eigenvalue weighted by Gasteiger charge is -2.37. The largest absolute Gasteiger partial charge is 0.417 e. The summed E-state index contributed by atoms with van der Waals surface area (Å²) in [6, 6.07) is 4.77. The van der Waals surface area contributed by atoms with Gasteiger partial charge in [-0.1, -0.05) is 25.7 Å². The van der Waals surface area contributed by atoms with Crippen LogP contribution in [0.3, 0.4) is 0 Å². The summed E-state index contributed by atoms with van der Waals surface area (Å²) >= 11 is 5.55. The second kappa shape index (κ2) is 13.0. The standard InChI is InChI=1S/C29H40F3N5O3S/c1-27(2)24(38)37(22-12-11-21(20-33)23(19-22)29(30,31)32)26(41)36(27)14-10-8-6-5-7-9-13-34-15-17-35(18-16-34)25(39)28(3,4)40/h11-12,19,40H,5-10,13-18H2,1-4H3. The number of hydrogen-bond donors (Lipinski definition) is 1. The van der Waals surface area contributed by atoms with E-state index in [-0.39, 0.29) is 16.7 Å². The van der Waals surface area contributed by atoms with E-state index in [1.165, 1.54) is 19.9 Å². The van der Waals surface area contributed by atoms with Crippen molar-refractivity contribution in [3.63, 3.8) is 0 Å². The second-order valence-electron chi connectivity index (χ2n) is 11.8. The maximum absolute atomic E-state index is 13.5. The maximum atomic E-state index is 13.5. The van der Waals surface area contributed by atoms with E-state index in [2.05, 4.69) is 4.90 Å². The average molecular weight is 596 g/mol. The predicted molar refractivity (Wildman–Crippen MR) is 154 cm³/mol. The molecule has 2 aliphatic heterocycles. The summed E-state index contributed by atoms with van der Waals surface area (Å²) in [6.45, 7) is 10.8. The minimum absolute atomic E-state index is 0.00662. The molecule has 0 spiro atoms. The number of rotatable bonds is 11. The third kappa shape index (κ3) is 7.76. The number of piperazine rings is 1. The summed E-state index contributed by atoms with van der Waals surface area (Å²) in [4.78, 5) is 32.4. The Morgan fingerprint density at radius 3 is 2.12 bits per heavy atom. The van der Waals surface area contributed by atoms with Gasteiger partial charge in [0.15, 0.2) is 5.11 Å². The molecule has 226 valence electrons. The summed E-state index contributed by atoms with van der Waals surface area (Å²) in [7, 11) is 0. The number of carbonyl (C=O) groups excluding carboxylic acids is 2. The summed E-state index contributed by atoms with van der Waals surface area (Å²) < 4.78 is 40.5. The van der Waals surface area contributed by atoms with Gasteiger partial charge in [0.05, 0.1) is 22.9 Å². The second-order valence-corrected chi connectivity index (χ2v) is 12.2. The first-order valence-corrected chi connectivity index (χ1v) is 14.5. The van der Waals surface area contributed by atoms with Crippen molar-refractivity contribution >= 4 is 34.8 Å². The van der Waals surface area contributed by atoms with Gasteiger partial charge in [0, 0.05) is 32.7 Å². The molecule has 0 atom stereocenters. The zero-order valence-electron chi connectivity index (χ0n) is 24.3. The van der Waals surface area contributed by atoms with Crippen LogP contribution in [-0.2, 0) is 15.8 Å². The molecule has 1 aromatic carbocycles. The van der Waals surface area contributed by atoms with Gasteiger partial charge in [0.1, 0.15) is 11.1 Å². The molecule has 0 radical (unpaired) electrons. The average Bonchev–Trinajstić information content (AvgIpc) is 3.07. The van der Waals surface area contributed by atoms with Crippen LogP contribution in [0, 0.1) is 11.3 Å². The number of halogens is 3. The van der Waals surface area contributed by atoms with Crippen LogP contribution < -0.4 is 4.90 Å². The van der Waals surface area contributed by atoms with E-state index in [0.29, 0.717) is 19.6 Å². The Labute approximate surface area is 245 Å². The third-order valence-corrected chi connectivity index (χ3v) is 8.20. The molecular weight excluding hydrogens is 555 g/mol. The summed E-state index contributed by atoms with van der Waals surface area (Å²) in [5.74, 6) is -0.622. The number of amides is 2. The first kappa shape index (κ1) is 32.8. The molecule has 2 saturated heterocycles. The number of thiocarbonyl (C=S) groups is 1. The number of nitriles is 1. The van der Waals surface area contributed by atoms with Crippen molar-refractivity contribution in [1.82, 2.24) is 14.7 Å². The quantitative estimate of drug-likeness (QED) is 0.297. The van der Waals surface area contributed by atoms with Gasteiger partial charge in [-0.2, -0.15) is 18.4 Å². The van der Waals surface area contributed by atoms with E-state index >= 15 is 0 Å². The van der Waals surface area contributed by atoms with Gasteiger partial charge in [-0.15, -0.1) is 0 Å². The van der Waals surface area contributed by atoms with E-state index in [4.69, 9.17) is 17.5 Å². The lowest BCUT2D eigenvalue weighted by Crippen LogP contribution is -2.54. The zero-order valence-corrected chi connectivity index (χ0v) is 25.1. The number of carbonyl (C=O) groups is 2. The lowest BCUT2D eigenvalue weighted by molar-refractivity contribution is -0.149. The highest BCUT2D eigenvalue weighted by Crippen LogP contribution is 2.38. The molecule has 2 aliphatic rings. The van der Waals surface area contributed by atoms with Crippen LogP contribution in [0.25, 0.3) is 0 Å². The normalized spacial score (nSPS) is 18.3. The highest BCUT2D eigenvalue weighted by molar-refractivity contribution is 7.80. The summed E-state index contributed by atoms with van der Waals surface area (Å²) in [5, 5.41) is 19.2. The molecule has 0 aliphatic carbocycles. The van der Waals surface area contributed by atoms with Crippen LogP contribution in [0.5, 0.6) is 0 Å². The van der Waals surface area contributed by atoms with Crippen LogP contribution >= 0.6 is 12.2 Å². The molecule has 0 bridgehead atoms. The Kier molecular flexibility index (Phi) is 10.4. The Hall–Kier alpha value is -2.75. The Morgan fingerprint density at radius 1 is 1.02 bits per heavy atom. The van der Waals surface area contributed by atoms with Gasteiger partial charge in [0.25, 0.3) is 11.8 Å². The number of hydrogen-bond acceptors (Lipinski definition) is 6. The van der Waals surface area contributed by atoms with Gasteiger partial charge < -0.3 is 14.9 Å². The molecule has 0 unspecified atom stereocenters. The molecule has 8 nitrogen and oxygen atoms in total. The molecular formula is C29H40F3N5O3S. The van der Waals surface area contributed by atoms with E-state index in [1.54, 1.807) is 29.7 Å². The van der Waals surface area contributed by atoms with E-state index in [9.17, 15) is 27.9 Å². The molecule has 3 rings (SSSR count). The molecule has 0 aromatic heterocycles. The molecule has 2 fully saturated rings. The van der Waals surface area contributed by atoms with Crippen LogP contribution in [-0.4, -0.2) is 87.1 Å². The molecule has 2 amide bonds. The summed E-state index contributed by atoms with van der Waals surface area (Å²) in [5.41, 5.74) is -3.92. The SMILES string of the molecule is CC(C)(O)C(=O)N1CCN(CCCCCCCCN2C(=S)N(c3ccc(C#N)c(C(F)(F)F)c3)C(=O)C2(C)C)CC1. The van der Waals surface area contributed by atoms with Crippen molar-refractivity contribution in [3.05, 3.63) is 29.3 Å². The van der Waals surface area contributed by atoms with Gasteiger partial charge >= 0.3 is 6.18 Å². The topological polar surface area (TPSA) is 91.1 Å². The van der Waals surface area contributed by atoms with Gasteiger partial charge in [0.2, 0.25) is 0 Å². The van der Waals surface area contributed by atoms with Crippen LogP contribution in [0.4, 0.5) is 18.9 Å². The number of aliphatic hydroxyl groups is 1. The van der Waals surface area contributed by atoms with Crippen LogP contribution in [0.1, 0.15) is 77.3 Å². The van der Waals surface area contributed by atoms with Crippen molar-refractivity contribution in [3.8, 4) is 6.07 Å². The van der Waals surface area contributed by atoms with Crippen LogP contribution in [0.15, 0.2) is 18.2 Å². The fourth-order valence-electron chi connectivity index (χ4n) is 5.32. The van der Waals surface area contributed by atoms with Crippen molar-refractivity contribution in [2.24, 2.45) is 0 Å².